The van der Waals surface area contributed by atoms with E-state index in [0.717, 1.165) is 5.69 Å². The summed E-state index contributed by atoms with van der Waals surface area (Å²) < 4.78 is 5.02. The summed E-state index contributed by atoms with van der Waals surface area (Å²) in [5.74, 6) is 1.22. The molecule has 0 fully saturated rings. The number of ether oxygens (including phenoxy) is 1. The molecule has 0 radical (unpaired) electrons. The van der Waals surface area contributed by atoms with Gasteiger partial charge in [-0.2, -0.15) is 0 Å². The molecule has 0 amide bonds. The van der Waals surface area contributed by atoms with E-state index in [1.54, 1.807) is 7.11 Å². The van der Waals surface area contributed by atoms with Crippen LogP contribution in [0.15, 0.2) is 12.1 Å². The molecule has 0 spiro atoms. The molecule has 12 heavy (non-hydrogen) atoms. The standard InChI is InChI=1S/C10H15NO/c1-7(2)9-5-6-10(12-4)11-8(9)3/h5-7H,1-4H3. The van der Waals surface area contributed by atoms with Gasteiger partial charge in [0.25, 0.3) is 0 Å². The van der Waals surface area contributed by atoms with Crippen molar-refractivity contribution >= 4 is 0 Å². The van der Waals surface area contributed by atoms with Gasteiger partial charge in [0.2, 0.25) is 5.88 Å². The van der Waals surface area contributed by atoms with Crippen LogP contribution < -0.4 is 4.74 Å². The Balaban J connectivity index is 3.03. The third-order valence-electron chi connectivity index (χ3n) is 1.93. The number of hydrogen-bond donors (Lipinski definition) is 0. The van der Waals surface area contributed by atoms with Crippen molar-refractivity contribution in [3.8, 4) is 5.88 Å². The molecule has 1 aromatic rings. The minimum absolute atomic E-state index is 0.531. The Kier molecular flexibility index (Phi) is 2.69. The average molecular weight is 165 g/mol. The van der Waals surface area contributed by atoms with Crippen molar-refractivity contribution in [1.82, 2.24) is 4.98 Å². The van der Waals surface area contributed by atoms with E-state index in [0.29, 0.717) is 11.8 Å². The number of nitrogens with zero attached hydrogens (tertiary/aromatic N) is 1. The maximum Gasteiger partial charge on any atom is 0.213 e. The van der Waals surface area contributed by atoms with Gasteiger partial charge in [-0.05, 0) is 18.4 Å². The first-order valence-electron chi connectivity index (χ1n) is 4.16. The van der Waals surface area contributed by atoms with Crippen LogP contribution in [0.2, 0.25) is 0 Å². The van der Waals surface area contributed by atoms with Gasteiger partial charge in [-0.25, -0.2) is 4.98 Å². The van der Waals surface area contributed by atoms with Gasteiger partial charge in [0.1, 0.15) is 0 Å². The number of pyridine rings is 1. The van der Waals surface area contributed by atoms with E-state index < -0.39 is 0 Å². The van der Waals surface area contributed by atoms with Gasteiger partial charge < -0.3 is 4.74 Å². The Labute approximate surface area is 73.6 Å². The highest BCUT2D eigenvalue weighted by molar-refractivity contribution is 5.27. The molecule has 0 aliphatic carbocycles. The van der Waals surface area contributed by atoms with Gasteiger partial charge in [-0.1, -0.05) is 19.9 Å². The SMILES string of the molecule is COc1ccc(C(C)C)c(C)n1. The second-order valence-electron chi connectivity index (χ2n) is 3.18. The van der Waals surface area contributed by atoms with E-state index in [4.69, 9.17) is 4.74 Å². The molecular weight excluding hydrogens is 150 g/mol. The average Bonchev–Trinajstić information content (AvgIpc) is 2.03. The molecule has 0 N–H and O–H groups in total. The summed E-state index contributed by atoms with van der Waals surface area (Å²) in [6, 6.07) is 3.98. The zero-order valence-electron chi connectivity index (χ0n) is 8.09. The highest BCUT2D eigenvalue weighted by Crippen LogP contribution is 2.19. The molecule has 2 nitrogen and oxygen atoms in total. The first kappa shape index (κ1) is 9.04. The van der Waals surface area contributed by atoms with Crippen LogP contribution in [0.4, 0.5) is 0 Å². The minimum atomic E-state index is 0.531. The van der Waals surface area contributed by atoms with Gasteiger partial charge in [-0.15, -0.1) is 0 Å². The van der Waals surface area contributed by atoms with Crippen molar-refractivity contribution in [2.45, 2.75) is 26.7 Å². The van der Waals surface area contributed by atoms with Crippen LogP contribution in [0.25, 0.3) is 0 Å². The zero-order chi connectivity index (χ0) is 9.14. The predicted octanol–water partition coefficient (Wildman–Crippen LogP) is 2.52. The zero-order valence-corrected chi connectivity index (χ0v) is 8.09. The van der Waals surface area contributed by atoms with Crippen LogP contribution >= 0.6 is 0 Å². The van der Waals surface area contributed by atoms with Crippen molar-refractivity contribution in [2.24, 2.45) is 0 Å². The van der Waals surface area contributed by atoms with E-state index in [1.165, 1.54) is 5.56 Å². The third-order valence-corrected chi connectivity index (χ3v) is 1.93. The largest absolute Gasteiger partial charge is 0.481 e. The lowest BCUT2D eigenvalue weighted by Gasteiger charge is -2.09. The van der Waals surface area contributed by atoms with Gasteiger partial charge in [0.15, 0.2) is 0 Å². The molecule has 66 valence electrons. The second-order valence-corrected chi connectivity index (χ2v) is 3.18. The Bertz CT molecular complexity index is 269. The summed E-state index contributed by atoms with van der Waals surface area (Å²) in [5, 5.41) is 0. The summed E-state index contributed by atoms with van der Waals surface area (Å²) >= 11 is 0. The maximum absolute atomic E-state index is 5.02. The first-order valence-corrected chi connectivity index (χ1v) is 4.16. The lowest BCUT2D eigenvalue weighted by Crippen LogP contribution is -1.96. The summed E-state index contributed by atoms with van der Waals surface area (Å²) in [7, 11) is 1.64. The number of hydrogen-bond acceptors (Lipinski definition) is 2. The number of aryl methyl sites for hydroxylation is 1. The Morgan fingerprint density at radius 2 is 2.00 bits per heavy atom. The van der Waals surface area contributed by atoms with Crippen LogP contribution in [0.3, 0.4) is 0 Å². The van der Waals surface area contributed by atoms with E-state index in [2.05, 4.69) is 24.9 Å². The molecule has 0 saturated carbocycles. The molecule has 1 heterocycles. The molecule has 0 aliphatic heterocycles. The lowest BCUT2D eigenvalue weighted by atomic mass is 10.0. The van der Waals surface area contributed by atoms with E-state index in [9.17, 15) is 0 Å². The maximum atomic E-state index is 5.02. The molecule has 0 aromatic carbocycles. The van der Waals surface area contributed by atoms with E-state index >= 15 is 0 Å². The summed E-state index contributed by atoms with van der Waals surface area (Å²) in [5.41, 5.74) is 2.35. The smallest absolute Gasteiger partial charge is 0.213 e. The molecule has 1 rings (SSSR count). The third kappa shape index (κ3) is 1.76. The van der Waals surface area contributed by atoms with Gasteiger partial charge in [0.05, 0.1) is 7.11 Å². The molecule has 0 saturated heterocycles. The monoisotopic (exact) mass is 165 g/mol. The highest BCUT2D eigenvalue weighted by Gasteiger charge is 2.04. The fourth-order valence-electron chi connectivity index (χ4n) is 1.27. The molecule has 0 atom stereocenters. The first-order chi connectivity index (χ1) is 5.65. The van der Waals surface area contributed by atoms with Crippen LogP contribution in [0, 0.1) is 6.92 Å². The molecule has 1 aromatic heterocycles. The highest BCUT2D eigenvalue weighted by atomic mass is 16.5. The Hall–Kier alpha value is -1.05. The summed E-state index contributed by atoms with van der Waals surface area (Å²) in [6.07, 6.45) is 0. The molecule has 0 aliphatic rings. The normalized spacial score (nSPS) is 10.4. The number of aromatic nitrogens is 1. The molecule has 0 unspecified atom stereocenters. The quantitative estimate of drug-likeness (QED) is 0.671. The number of methoxy groups -OCH3 is 1. The minimum Gasteiger partial charge on any atom is -0.481 e. The van der Waals surface area contributed by atoms with Crippen molar-refractivity contribution in [1.29, 1.82) is 0 Å². The van der Waals surface area contributed by atoms with Crippen molar-refractivity contribution in [3.63, 3.8) is 0 Å². The van der Waals surface area contributed by atoms with Crippen molar-refractivity contribution < 1.29 is 4.74 Å². The van der Waals surface area contributed by atoms with Crippen LogP contribution in [0.5, 0.6) is 5.88 Å². The Morgan fingerprint density at radius 3 is 2.42 bits per heavy atom. The van der Waals surface area contributed by atoms with Crippen LogP contribution in [-0.4, -0.2) is 12.1 Å². The van der Waals surface area contributed by atoms with Gasteiger partial charge >= 0.3 is 0 Å². The van der Waals surface area contributed by atoms with Crippen molar-refractivity contribution in [3.05, 3.63) is 23.4 Å². The van der Waals surface area contributed by atoms with E-state index in [-0.39, 0.29) is 0 Å². The fraction of sp³-hybridized carbons (Fsp3) is 0.500. The molecular formula is C10H15NO. The predicted molar refractivity (Wildman–Crippen MR) is 49.6 cm³/mol. The summed E-state index contributed by atoms with van der Waals surface area (Å²) in [4.78, 5) is 4.29. The second kappa shape index (κ2) is 3.57. The lowest BCUT2D eigenvalue weighted by molar-refractivity contribution is 0.396. The van der Waals surface area contributed by atoms with Crippen LogP contribution in [-0.2, 0) is 0 Å². The topological polar surface area (TPSA) is 22.1 Å². The summed E-state index contributed by atoms with van der Waals surface area (Å²) in [6.45, 7) is 6.34. The van der Waals surface area contributed by atoms with Gasteiger partial charge in [-0.3, -0.25) is 0 Å². The van der Waals surface area contributed by atoms with Gasteiger partial charge in [0, 0.05) is 11.8 Å². The van der Waals surface area contributed by atoms with Crippen molar-refractivity contribution in [2.75, 3.05) is 7.11 Å². The fourth-order valence-corrected chi connectivity index (χ4v) is 1.27. The Morgan fingerprint density at radius 1 is 1.33 bits per heavy atom. The number of rotatable bonds is 2. The van der Waals surface area contributed by atoms with Crippen LogP contribution in [0.1, 0.15) is 31.0 Å². The molecule has 0 bridgehead atoms. The molecule has 2 heteroatoms. The van der Waals surface area contributed by atoms with E-state index in [1.807, 2.05) is 13.0 Å².